The minimum atomic E-state index is -0.376. The number of hydrogen-bond acceptors (Lipinski definition) is 5. The number of rotatable bonds is 5. The van der Waals surface area contributed by atoms with Gasteiger partial charge in [0, 0.05) is 19.5 Å². The Morgan fingerprint density at radius 3 is 2.80 bits per heavy atom. The van der Waals surface area contributed by atoms with E-state index in [9.17, 15) is 9.59 Å². The number of carbonyl (C=O) groups is 1. The van der Waals surface area contributed by atoms with Gasteiger partial charge in [0.25, 0.3) is 0 Å². The zero-order valence-electron chi connectivity index (χ0n) is 16.7. The van der Waals surface area contributed by atoms with Gasteiger partial charge in [0.1, 0.15) is 13.2 Å². The molecule has 30 heavy (non-hydrogen) atoms. The Balaban J connectivity index is 1.25. The van der Waals surface area contributed by atoms with E-state index in [1.165, 1.54) is 0 Å². The van der Waals surface area contributed by atoms with E-state index in [0.29, 0.717) is 38.2 Å². The summed E-state index contributed by atoms with van der Waals surface area (Å²) < 4.78 is 18.2. The molecule has 1 aromatic heterocycles. The third kappa shape index (κ3) is 3.44. The normalized spacial score (nSPS) is 18.1. The van der Waals surface area contributed by atoms with E-state index in [1.54, 1.807) is 10.6 Å². The first kappa shape index (κ1) is 18.8. The number of likely N-dealkylation sites (tertiary alicyclic amines) is 1. The van der Waals surface area contributed by atoms with Crippen LogP contribution in [0, 0.1) is 0 Å². The molecule has 0 spiro atoms. The number of para-hydroxylation sites is 2. The van der Waals surface area contributed by atoms with Gasteiger partial charge in [-0.3, -0.25) is 9.36 Å². The molecule has 0 radical (unpaired) electrons. The molecule has 7 nitrogen and oxygen atoms in total. The van der Waals surface area contributed by atoms with E-state index in [2.05, 4.69) is 0 Å². The summed E-state index contributed by atoms with van der Waals surface area (Å²) in [5, 5.41) is 0. The molecular formula is C23H24N2O5. The lowest BCUT2D eigenvalue weighted by Crippen LogP contribution is -2.30. The van der Waals surface area contributed by atoms with Crippen LogP contribution in [-0.2, 0) is 11.3 Å². The zero-order valence-corrected chi connectivity index (χ0v) is 16.7. The van der Waals surface area contributed by atoms with Crippen LogP contribution in [0.1, 0.15) is 37.3 Å². The van der Waals surface area contributed by atoms with Gasteiger partial charge in [-0.05, 0) is 49.1 Å². The average molecular weight is 408 g/mol. The summed E-state index contributed by atoms with van der Waals surface area (Å²) in [7, 11) is 0. The molecule has 1 fully saturated rings. The van der Waals surface area contributed by atoms with Crippen LogP contribution in [-0.4, -0.2) is 35.1 Å². The molecule has 1 atom stereocenters. The SMILES string of the molecule is O=C(CCCn1c(=O)oc2ccccc21)N1CCCC1c1ccc2c(c1)OCCO2. The monoisotopic (exact) mass is 408 g/mol. The fraction of sp³-hybridized carbons (Fsp3) is 0.391. The van der Waals surface area contributed by atoms with Crippen molar-refractivity contribution in [3.8, 4) is 11.5 Å². The maximum atomic E-state index is 13.0. The van der Waals surface area contributed by atoms with Crippen molar-refractivity contribution in [2.24, 2.45) is 0 Å². The van der Waals surface area contributed by atoms with Gasteiger partial charge in [-0.25, -0.2) is 4.79 Å². The Morgan fingerprint density at radius 2 is 1.90 bits per heavy atom. The van der Waals surface area contributed by atoms with Crippen molar-refractivity contribution in [2.75, 3.05) is 19.8 Å². The fourth-order valence-corrected chi connectivity index (χ4v) is 4.44. The molecule has 1 unspecified atom stereocenters. The smallest absolute Gasteiger partial charge is 0.419 e. The number of aryl methyl sites for hydroxylation is 1. The van der Waals surface area contributed by atoms with Crippen molar-refractivity contribution < 1.29 is 18.7 Å². The maximum absolute atomic E-state index is 13.0. The van der Waals surface area contributed by atoms with E-state index in [1.807, 2.05) is 41.3 Å². The number of benzene rings is 2. The molecule has 156 valence electrons. The van der Waals surface area contributed by atoms with Gasteiger partial charge < -0.3 is 18.8 Å². The minimum Gasteiger partial charge on any atom is -0.486 e. The second-order valence-electron chi connectivity index (χ2n) is 7.74. The van der Waals surface area contributed by atoms with Gasteiger partial charge >= 0.3 is 5.76 Å². The fourth-order valence-electron chi connectivity index (χ4n) is 4.44. The summed E-state index contributed by atoms with van der Waals surface area (Å²) in [5.41, 5.74) is 2.43. The van der Waals surface area contributed by atoms with Crippen LogP contribution in [0.2, 0.25) is 0 Å². The van der Waals surface area contributed by atoms with Gasteiger partial charge in [0.05, 0.1) is 11.6 Å². The summed E-state index contributed by atoms with van der Waals surface area (Å²) in [6.45, 7) is 2.33. The largest absolute Gasteiger partial charge is 0.486 e. The maximum Gasteiger partial charge on any atom is 0.419 e. The lowest BCUT2D eigenvalue weighted by molar-refractivity contribution is -0.132. The van der Waals surface area contributed by atoms with Crippen LogP contribution in [0.15, 0.2) is 51.7 Å². The number of nitrogens with zero attached hydrogens (tertiary/aromatic N) is 2. The third-order valence-corrected chi connectivity index (χ3v) is 5.87. The Kier molecular flexibility index (Phi) is 4.94. The van der Waals surface area contributed by atoms with Crippen molar-refractivity contribution >= 4 is 17.0 Å². The summed E-state index contributed by atoms with van der Waals surface area (Å²) in [5.74, 6) is 1.26. The van der Waals surface area contributed by atoms with E-state index in [-0.39, 0.29) is 17.7 Å². The van der Waals surface area contributed by atoms with E-state index >= 15 is 0 Å². The number of aromatic nitrogens is 1. The Labute approximate surface area is 173 Å². The third-order valence-electron chi connectivity index (χ3n) is 5.87. The summed E-state index contributed by atoms with van der Waals surface area (Å²) >= 11 is 0. The highest BCUT2D eigenvalue weighted by atomic mass is 16.6. The molecule has 2 aromatic carbocycles. The molecule has 0 N–H and O–H groups in total. The molecular weight excluding hydrogens is 384 g/mol. The van der Waals surface area contributed by atoms with Crippen LogP contribution in [0.4, 0.5) is 0 Å². The van der Waals surface area contributed by atoms with Crippen molar-refractivity contribution in [1.82, 2.24) is 9.47 Å². The quantitative estimate of drug-likeness (QED) is 0.646. The van der Waals surface area contributed by atoms with Gasteiger partial charge in [-0.1, -0.05) is 18.2 Å². The lowest BCUT2D eigenvalue weighted by Gasteiger charge is -2.27. The molecule has 3 aromatic rings. The molecule has 7 heteroatoms. The van der Waals surface area contributed by atoms with Gasteiger partial charge in [-0.2, -0.15) is 0 Å². The number of amides is 1. The predicted molar refractivity (Wildman–Crippen MR) is 111 cm³/mol. The van der Waals surface area contributed by atoms with Crippen LogP contribution >= 0.6 is 0 Å². The molecule has 2 aliphatic rings. The molecule has 0 aliphatic carbocycles. The highest BCUT2D eigenvalue weighted by molar-refractivity contribution is 5.77. The van der Waals surface area contributed by atoms with Crippen LogP contribution in [0.25, 0.3) is 11.1 Å². The average Bonchev–Trinajstić information content (AvgIpc) is 3.38. The van der Waals surface area contributed by atoms with E-state index in [4.69, 9.17) is 13.9 Å². The van der Waals surface area contributed by atoms with Gasteiger partial charge in [0.2, 0.25) is 5.91 Å². The first-order chi connectivity index (χ1) is 14.7. The van der Waals surface area contributed by atoms with Crippen molar-refractivity contribution in [3.63, 3.8) is 0 Å². The van der Waals surface area contributed by atoms with Crippen LogP contribution < -0.4 is 15.2 Å². The molecule has 3 heterocycles. The Hall–Kier alpha value is -3.22. The minimum absolute atomic E-state index is 0.0609. The summed E-state index contributed by atoms with van der Waals surface area (Å²) in [6, 6.07) is 13.4. The zero-order chi connectivity index (χ0) is 20.5. The number of oxazole rings is 1. The highest BCUT2D eigenvalue weighted by Gasteiger charge is 2.30. The van der Waals surface area contributed by atoms with Crippen LogP contribution in [0.5, 0.6) is 11.5 Å². The molecule has 2 aliphatic heterocycles. The first-order valence-electron chi connectivity index (χ1n) is 10.5. The second-order valence-corrected chi connectivity index (χ2v) is 7.74. The molecule has 0 bridgehead atoms. The van der Waals surface area contributed by atoms with Crippen molar-refractivity contribution in [2.45, 2.75) is 38.3 Å². The number of ether oxygens (including phenoxy) is 2. The molecule has 0 saturated carbocycles. The number of fused-ring (bicyclic) bond motifs is 2. The summed E-state index contributed by atoms with van der Waals surface area (Å²) in [4.78, 5) is 27.0. The topological polar surface area (TPSA) is 73.9 Å². The van der Waals surface area contributed by atoms with Crippen LogP contribution in [0.3, 0.4) is 0 Å². The summed E-state index contributed by atoms with van der Waals surface area (Å²) in [6.07, 6.45) is 2.91. The molecule has 1 amide bonds. The standard InChI is InChI=1S/C23H24N2O5/c26-22(8-4-12-25-18-5-1-2-7-19(18)30-23(25)27)24-11-3-6-17(24)16-9-10-20-21(15-16)29-14-13-28-20/h1-2,5,7,9-10,15,17H,3-4,6,8,11-14H2. The second kappa shape index (κ2) is 7.89. The highest BCUT2D eigenvalue weighted by Crippen LogP contribution is 2.38. The first-order valence-corrected chi connectivity index (χ1v) is 10.5. The lowest BCUT2D eigenvalue weighted by atomic mass is 10.0. The predicted octanol–water partition coefficient (Wildman–Crippen LogP) is 3.51. The van der Waals surface area contributed by atoms with Crippen molar-refractivity contribution in [3.05, 3.63) is 58.6 Å². The molecule has 5 rings (SSSR count). The number of hydrogen-bond donors (Lipinski definition) is 0. The number of carbonyl (C=O) groups excluding carboxylic acids is 1. The Bertz CT molecular complexity index is 1130. The Morgan fingerprint density at radius 1 is 1.07 bits per heavy atom. The van der Waals surface area contributed by atoms with E-state index in [0.717, 1.165) is 42.0 Å². The van der Waals surface area contributed by atoms with Gasteiger partial charge in [-0.15, -0.1) is 0 Å². The van der Waals surface area contributed by atoms with Gasteiger partial charge in [0.15, 0.2) is 17.1 Å². The van der Waals surface area contributed by atoms with E-state index < -0.39 is 0 Å². The van der Waals surface area contributed by atoms with Crippen molar-refractivity contribution in [1.29, 1.82) is 0 Å². The molecule has 1 saturated heterocycles.